The highest BCUT2D eigenvalue weighted by molar-refractivity contribution is 5.92. The van der Waals surface area contributed by atoms with Crippen molar-refractivity contribution in [2.45, 2.75) is 59.3 Å². The van der Waals surface area contributed by atoms with Gasteiger partial charge < -0.3 is 0 Å². The number of Topliss-reactive ketones (excluding diaryl/α,β-unsaturated/α-hetero) is 1. The summed E-state index contributed by atoms with van der Waals surface area (Å²) in [5.41, 5.74) is 1.63. The van der Waals surface area contributed by atoms with Crippen LogP contribution in [0.15, 0.2) is 23.8 Å². The lowest BCUT2D eigenvalue weighted by molar-refractivity contribution is -0.127. The first-order chi connectivity index (χ1) is 10.9. The highest BCUT2D eigenvalue weighted by Gasteiger charge is 2.58. The maximum Gasteiger partial charge on any atom is 0.156 e. The van der Waals surface area contributed by atoms with Gasteiger partial charge in [-0.15, -0.1) is 0 Å². The standard InChI is InChI=1S/C21H28O2/c1-13(22)17-6-7-18-16-5-4-14-12-15(23)8-10-20(14,2)19(16)9-11-21(17,18)3/h4-5,12,16-19H,6-11H2,1-3H3/t16?,17-,18?,19?,20+,21-/m1/s1. The maximum absolute atomic E-state index is 12.1. The molecule has 0 bridgehead atoms. The van der Waals surface area contributed by atoms with Crippen LogP contribution in [-0.4, -0.2) is 11.6 Å². The van der Waals surface area contributed by atoms with Crippen LogP contribution in [-0.2, 0) is 9.59 Å². The molecule has 0 aromatic rings. The van der Waals surface area contributed by atoms with Crippen molar-refractivity contribution in [3.05, 3.63) is 23.8 Å². The summed E-state index contributed by atoms with van der Waals surface area (Å²) in [7, 11) is 0. The third-order valence-electron chi connectivity index (χ3n) is 8.01. The molecule has 2 heteroatoms. The SMILES string of the molecule is CC(=O)[C@H]1CCC2C3C=CC4=CC(=O)CC[C@]4(C)C3CC[C@@]21C. The Hall–Kier alpha value is -1.18. The molecule has 2 fully saturated rings. The van der Waals surface area contributed by atoms with E-state index in [9.17, 15) is 9.59 Å². The lowest BCUT2D eigenvalue weighted by atomic mass is 9.48. The zero-order valence-electron chi connectivity index (χ0n) is 14.6. The predicted molar refractivity (Wildman–Crippen MR) is 90.8 cm³/mol. The molecule has 124 valence electrons. The van der Waals surface area contributed by atoms with Crippen LogP contribution in [0.2, 0.25) is 0 Å². The first kappa shape index (κ1) is 15.4. The molecule has 2 nitrogen and oxygen atoms in total. The summed E-state index contributed by atoms with van der Waals surface area (Å²) in [6.07, 6.45) is 12.9. The van der Waals surface area contributed by atoms with Crippen LogP contribution < -0.4 is 0 Å². The van der Waals surface area contributed by atoms with Gasteiger partial charge in [-0.25, -0.2) is 0 Å². The van der Waals surface area contributed by atoms with Crippen molar-refractivity contribution in [2.24, 2.45) is 34.5 Å². The molecule has 0 aromatic heterocycles. The van der Waals surface area contributed by atoms with Gasteiger partial charge in [0.05, 0.1) is 0 Å². The molecule has 4 aliphatic carbocycles. The first-order valence-electron chi connectivity index (χ1n) is 9.30. The second-order valence-corrected chi connectivity index (χ2v) is 8.92. The Labute approximate surface area is 139 Å². The van der Waals surface area contributed by atoms with Gasteiger partial charge in [0.2, 0.25) is 0 Å². The molecular weight excluding hydrogens is 284 g/mol. The quantitative estimate of drug-likeness (QED) is 0.714. The molecule has 4 aliphatic rings. The fourth-order valence-electron chi connectivity index (χ4n) is 6.66. The Bertz CT molecular complexity index is 628. The van der Waals surface area contributed by atoms with E-state index in [0.29, 0.717) is 35.7 Å². The van der Waals surface area contributed by atoms with Gasteiger partial charge in [-0.2, -0.15) is 0 Å². The number of ketones is 2. The lowest BCUT2D eigenvalue weighted by Crippen LogP contribution is -2.49. The van der Waals surface area contributed by atoms with E-state index in [1.54, 1.807) is 6.92 Å². The lowest BCUT2D eigenvalue weighted by Gasteiger charge is -2.55. The molecule has 0 spiro atoms. The minimum atomic E-state index is 0.170. The molecule has 0 radical (unpaired) electrons. The third-order valence-corrected chi connectivity index (χ3v) is 8.01. The largest absolute Gasteiger partial charge is 0.300 e. The second-order valence-electron chi connectivity index (χ2n) is 8.92. The normalized spacial score (nSPS) is 48.3. The van der Waals surface area contributed by atoms with E-state index in [4.69, 9.17) is 0 Å². The van der Waals surface area contributed by atoms with Crippen LogP contribution in [0.1, 0.15) is 59.3 Å². The maximum atomic E-state index is 12.1. The fourth-order valence-corrected chi connectivity index (χ4v) is 6.66. The van der Waals surface area contributed by atoms with Gasteiger partial charge in [-0.05, 0) is 79.3 Å². The number of carbonyl (C=O) groups is 2. The number of hydrogen-bond acceptors (Lipinski definition) is 2. The van der Waals surface area contributed by atoms with Crippen LogP contribution in [0, 0.1) is 34.5 Å². The van der Waals surface area contributed by atoms with E-state index in [2.05, 4.69) is 26.0 Å². The van der Waals surface area contributed by atoms with Crippen molar-refractivity contribution in [3.8, 4) is 0 Å². The fraction of sp³-hybridized carbons (Fsp3) is 0.714. The molecule has 4 rings (SSSR count). The molecule has 0 aromatic carbocycles. The molecule has 0 amide bonds. The van der Waals surface area contributed by atoms with E-state index in [0.717, 1.165) is 12.8 Å². The van der Waals surface area contributed by atoms with Gasteiger partial charge in [0.15, 0.2) is 5.78 Å². The van der Waals surface area contributed by atoms with Gasteiger partial charge in [-0.3, -0.25) is 9.59 Å². The highest BCUT2D eigenvalue weighted by atomic mass is 16.1. The Morgan fingerprint density at radius 2 is 1.91 bits per heavy atom. The summed E-state index contributed by atoms with van der Waals surface area (Å²) < 4.78 is 0. The Balaban J connectivity index is 1.72. The van der Waals surface area contributed by atoms with Crippen molar-refractivity contribution in [2.75, 3.05) is 0 Å². The zero-order chi connectivity index (χ0) is 16.4. The van der Waals surface area contributed by atoms with Crippen LogP contribution in [0.5, 0.6) is 0 Å². The molecule has 23 heavy (non-hydrogen) atoms. The van der Waals surface area contributed by atoms with Crippen molar-refractivity contribution in [1.82, 2.24) is 0 Å². The Morgan fingerprint density at radius 3 is 2.65 bits per heavy atom. The average molecular weight is 312 g/mol. The van der Waals surface area contributed by atoms with Gasteiger partial charge >= 0.3 is 0 Å². The summed E-state index contributed by atoms with van der Waals surface area (Å²) in [6, 6.07) is 0. The molecule has 0 heterocycles. The smallest absolute Gasteiger partial charge is 0.156 e. The molecule has 6 atom stereocenters. The molecule has 3 unspecified atom stereocenters. The second kappa shape index (κ2) is 4.91. The molecule has 0 N–H and O–H groups in total. The van der Waals surface area contributed by atoms with Crippen LogP contribution in [0.4, 0.5) is 0 Å². The summed E-state index contributed by atoms with van der Waals surface area (Å²) >= 11 is 0. The summed E-state index contributed by atoms with van der Waals surface area (Å²) in [5.74, 6) is 2.83. The van der Waals surface area contributed by atoms with Crippen molar-refractivity contribution < 1.29 is 9.59 Å². The topological polar surface area (TPSA) is 34.1 Å². The molecule has 0 aliphatic heterocycles. The van der Waals surface area contributed by atoms with E-state index < -0.39 is 0 Å². The third kappa shape index (κ3) is 1.99. The summed E-state index contributed by atoms with van der Waals surface area (Å²) in [6.45, 7) is 6.54. The number of fused-ring (bicyclic) bond motifs is 5. The van der Waals surface area contributed by atoms with Crippen LogP contribution in [0.3, 0.4) is 0 Å². The van der Waals surface area contributed by atoms with Crippen LogP contribution >= 0.6 is 0 Å². The van der Waals surface area contributed by atoms with E-state index in [1.165, 1.54) is 24.8 Å². The minimum Gasteiger partial charge on any atom is -0.300 e. The number of rotatable bonds is 1. The van der Waals surface area contributed by atoms with Gasteiger partial charge in [-0.1, -0.05) is 26.0 Å². The molecular formula is C21H28O2. The van der Waals surface area contributed by atoms with Gasteiger partial charge in [0.25, 0.3) is 0 Å². The first-order valence-corrected chi connectivity index (χ1v) is 9.30. The van der Waals surface area contributed by atoms with Crippen LogP contribution in [0.25, 0.3) is 0 Å². The molecule has 0 saturated heterocycles. The van der Waals surface area contributed by atoms with E-state index in [-0.39, 0.29) is 16.7 Å². The van der Waals surface area contributed by atoms with E-state index in [1.807, 2.05) is 6.08 Å². The summed E-state index contributed by atoms with van der Waals surface area (Å²) in [4.78, 5) is 24.0. The molecule has 2 saturated carbocycles. The minimum absolute atomic E-state index is 0.170. The van der Waals surface area contributed by atoms with Gasteiger partial charge in [0, 0.05) is 12.3 Å². The monoisotopic (exact) mass is 312 g/mol. The Morgan fingerprint density at radius 1 is 1.13 bits per heavy atom. The zero-order valence-corrected chi connectivity index (χ0v) is 14.6. The van der Waals surface area contributed by atoms with Gasteiger partial charge in [0.1, 0.15) is 5.78 Å². The predicted octanol–water partition coefficient (Wildman–Crippen LogP) is 4.50. The van der Waals surface area contributed by atoms with E-state index >= 15 is 0 Å². The Kier molecular flexibility index (Phi) is 3.28. The van der Waals surface area contributed by atoms with Crippen molar-refractivity contribution >= 4 is 11.6 Å². The summed E-state index contributed by atoms with van der Waals surface area (Å²) in [5, 5.41) is 0. The number of allylic oxidation sites excluding steroid dienone is 4. The van der Waals surface area contributed by atoms with Crippen molar-refractivity contribution in [1.29, 1.82) is 0 Å². The number of hydrogen-bond donors (Lipinski definition) is 0. The average Bonchev–Trinajstić information content (AvgIpc) is 2.85. The highest BCUT2D eigenvalue weighted by Crippen LogP contribution is 2.65. The van der Waals surface area contributed by atoms with Crippen molar-refractivity contribution in [3.63, 3.8) is 0 Å². The number of carbonyl (C=O) groups excluding carboxylic acids is 2.